The third kappa shape index (κ3) is 5.16. The molecule has 0 heterocycles. The van der Waals surface area contributed by atoms with Crippen molar-refractivity contribution in [1.29, 1.82) is 0 Å². The lowest BCUT2D eigenvalue weighted by atomic mass is 10.1. The highest BCUT2D eigenvalue weighted by atomic mass is 14.0. The molecule has 2 aromatic rings. The van der Waals surface area contributed by atoms with Crippen molar-refractivity contribution in [1.82, 2.24) is 0 Å². The van der Waals surface area contributed by atoms with E-state index in [0.717, 1.165) is 16.7 Å². The van der Waals surface area contributed by atoms with Crippen LogP contribution in [0.25, 0.3) is 0 Å². The number of rotatable bonds is 4. The Morgan fingerprint density at radius 2 is 1.18 bits per heavy atom. The number of hydrogen-bond acceptors (Lipinski definition) is 0. The number of aryl methyl sites for hydroxylation is 1. The Labute approximate surface area is 134 Å². The largest absolute Gasteiger partial charge is 0.101 e. The summed E-state index contributed by atoms with van der Waals surface area (Å²) >= 11 is 0. The topological polar surface area (TPSA) is 0 Å². The fourth-order valence-electron chi connectivity index (χ4n) is 2.26. The maximum Gasteiger partial charge on any atom is 0.0249 e. The van der Waals surface area contributed by atoms with Crippen molar-refractivity contribution in [3.05, 3.63) is 70.8 Å². The van der Waals surface area contributed by atoms with E-state index in [1.807, 2.05) is 31.2 Å². The first-order valence-corrected chi connectivity index (χ1v) is 7.95. The number of unbranched alkanes of at least 4 members (excludes halogenated alkanes) is 2. The smallest absolute Gasteiger partial charge is 0.0249 e. The second kappa shape index (κ2) is 8.76. The van der Waals surface area contributed by atoms with Crippen molar-refractivity contribution < 1.29 is 0 Å². The summed E-state index contributed by atoms with van der Waals surface area (Å²) < 4.78 is 0. The van der Waals surface area contributed by atoms with Gasteiger partial charge in [0.15, 0.2) is 0 Å². The van der Waals surface area contributed by atoms with E-state index >= 15 is 0 Å². The molecule has 0 heteroatoms. The van der Waals surface area contributed by atoms with Gasteiger partial charge in [-0.1, -0.05) is 49.7 Å². The Morgan fingerprint density at radius 3 is 1.68 bits per heavy atom. The molecule has 0 radical (unpaired) electrons. The van der Waals surface area contributed by atoms with Gasteiger partial charge in [-0.2, -0.15) is 0 Å². The van der Waals surface area contributed by atoms with Crippen LogP contribution in [0, 0.1) is 23.7 Å². The Kier molecular flexibility index (Phi) is 6.35. The van der Waals surface area contributed by atoms with Crippen LogP contribution in [-0.4, -0.2) is 0 Å². The van der Waals surface area contributed by atoms with Gasteiger partial charge in [0.2, 0.25) is 0 Å². The van der Waals surface area contributed by atoms with Crippen molar-refractivity contribution in [3.8, 4) is 23.7 Å². The highest BCUT2D eigenvalue weighted by Gasteiger charge is 1.93. The molecule has 2 aromatic carbocycles. The first-order chi connectivity index (χ1) is 10.8. The number of benzene rings is 2. The molecule has 0 atom stereocenters. The summed E-state index contributed by atoms with van der Waals surface area (Å²) in [6.45, 7) is 4.08. The number of hydrogen-bond donors (Lipinski definition) is 0. The average Bonchev–Trinajstić information content (AvgIpc) is 2.56. The molecule has 2 rings (SSSR count). The average molecular weight is 286 g/mol. The Balaban J connectivity index is 1.99. The highest BCUT2D eigenvalue weighted by Crippen LogP contribution is 2.09. The normalized spacial score (nSPS) is 9.36. The third-order valence-electron chi connectivity index (χ3n) is 3.53. The molecule has 0 saturated heterocycles. The van der Waals surface area contributed by atoms with Crippen LogP contribution in [0.5, 0.6) is 0 Å². The van der Waals surface area contributed by atoms with Crippen molar-refractivity contribution >= 4 is 0 Å². The van der Waals surface area contributed by atoms with Crippen molar-refractivity contribution in [3.63, 3.8) is 0 Å². The van der Waals surface area contributed by atoms with Crippen molar-refractivity contribution in [2.24, 2.45) is 0 Å². The van der Waals surface area contributed by atoms with Gasteiger partial charge in [-0.25, -0.2) is 0 Å². The SMILES string of the molecule is CC#Cc1ccc(C#Cc2ccc(CCCCC)cc2)cc1. The van der Waals surface area contributed by atoms with Gasteiger partial charge in [0.25, 0.3) is 0 Å². The van der Waals surface area contributed by atoms with Crippen LogP contribution >= 0.6 is 0 Å². The lowest BCUT2D eigenvalue weighted by Gasteiger charge is -2.00. The predicted molar refractivity (Wildman–Crippen MR) is 94.6 cm³/mol. The van der Waals surface area contributed by atoms with Crippen LogP contribution < -0.4 is 0 Å². The maximum absolute atomic E-state index is 3.22. The Hall–Kier alpha value is -2.44. The van der Waals surface area contributed by atoms with Crippen molar-refractivity contribution in [2.75, 3.05) is 0 Å². The summed E-state index contributed by atoms with van der Waals surface area (Å²) in [5.74, 6) is 12.4. The van der Waals surface area contributed by atoms with Crippen LogP contribution in [0.1, 0.15) is 55.4 Å². The minimum Gasteiger partial charge on any atom is -0.101 e. The molecule has 0 fully saturated rings. The van der Waals surface area contributed by atoms with Gasteiger partial charge in [0, 0.05) is 16.7 Å². The van der Waals surface area contributed by atoms with Crippen LogP contribution in [0.3, 0.4) is 0 Å². The quantitative estimate of drug-likeness (QED) is 0.536. The second-order valence-corrected chi connectivity index (χ2v) is 5.36. The maximum atomic E-state index is 3.22. The van der Waals surface area contributed by atoms with E-state index in [0.29, 0.717) is 0 Å². The molecular formula is C22H22. The van der Waals surface area contributed by atoms with Crippen LogP contribution in [0.2, 0.25) is 0 Å². The molecular weight excluding hydrogens is 264 g/mol. The molecule has 0 nitrogen and oxygen atoms in total. The summed E-state index contributed by atoms with van der Waals surface area (Å²) in [5, 5.41) is 0. The van der Waals surface area contributed by atoms with Crippen LogP contribution in [0.15, 0.2) is 48.5 Å². The van der Waals surface area contributed by atoms with Crippen LogP contribution in [-0.2, 0) is 6.42 Å². The van der Waals surface area contributed by atoms with Gasteiger partial charge in [-0.05, 0) is 61.7 Å². The van der Waals surface area contributed by atoms with Gasteiger partial charge in [0.1, 0.15) is 0 Å². The molecule has 0 aliphatic rings. The van der Waals surface area contributed by atoms with Gasteiger partial charge in [-0.3, -0.25) is 0 Å². The molecule has 0 N–H and O–H groups in total. The van der Waals surface area contributed by atoms with Gasteiger partial charge < -0.3 is 0 Å². The Bertz CT molecular complexity index is 695. The summed E-state index contributed by atoms with van der Waals surface area (Å²) in [7, 11) is 0. The van der Waals surface area contributed by atoms with E-state index in [9.17, 15) is 0 Å². The highest BCUT2D eigenvalue weighted by molar-refractivity contribution is 5.46. The van der Waals surface area contributed by atoms with E-state index in [-0.39, 0.29) is 0 Å². The Morgan fingerprint density at radius 1 is 0.682 bits per heavy atom. The fraction of sp³-hybridized carbons (Fsp3) is 0.273. The zero-order chi connectivity index (χ0) is 15.6. The summed E-state index contributed by atoms with van der Waals surface area (Å²) in [4.78, 5) is 0. The van der Waals surface area contributed by atoms with E-state index in [2.05, 4.69) is 54.9 Å². The minimum atomic E-state index is 1.02. The first-order valence-electron chi connectivity index (χ1n) is 7.95. The minimum absolute atomic E-state index is 1.02. The van der Waals surface area contributed by atoms with Gasteiger partial charge >= 0.3 is 0 Å². The molecule has 0 amide bonds. The summed E-state index contributed by atoms with van der Waals surface area (Å²) in [6.07, 6.45) is 5.02. The lowest BCUT2D eigenvalue weighted by Crippen LogP contribution is -1.85. The monoisotopic (exact) mass is 286 g/mol. The van der Waals surface area contributed by atoms with E-state index in [1.54, 1.807) is 0 Å². The molecule has 0 saturated carbocycles. The van der Waals surface area contributed by atoms with Crippen molar-refractivity contribution in [2.45, 2.75) is 39.5 Å². The molecule has 0 unspecified atom stereocenters. The van der Waals surface area contributed by atoms with Gasteiger partial charge in [-0.15, -0.1) is 5.92 Å². The third-order valence-corrected chi connectivity index (χ3v) is 3.53. The summed E-state index contributed by atoms with van der Waals surface area (Å²) in [5.41, 5.74) is 4.52. The molecule has 0 spiro atoms. The molecule has 0 aliphatic carbocycles. The van der Waals surface area contributed by atoms with E-state index in [1.165, 1.54) is 31.2 Å². The van der Waals surface area contributed by atoms with E-state index < -0.39 is 0 Å². The second-order valence-electron chi connectivity index (χ2n) is 5.36. The first kappa shape index (κ1) is 15.9. The zero-order valence-electron chi connectivity index (χ0n) is 13.4. The fourth-order valence-corrected chi connectivity index (χ4v) is 2.26. The lowest BCUT2D eigenvalue weighted by molar-refractivity contribution is 0.717. The zero-order valence-corrected chi connectivity index (χ0v) is 13.4. The molecule has 0 aromatic heterocycles. The standard InChI is InChI=1S/C22H22/c1-3-5-6-8-20-11-15-22(16-12-20)18-17-21-13-9-19(7-4-2)10-14-21/h9-16H,3,5-6,8H2,1-2H3. The summed E-state index contributed by atoms with van der Waals surface area (Å²) in [6, 6.07) is 16.7. The van der Waals surface area contributed by atoms with Crippen LogP contribution in [0.4, 0.5) is 0 Å². The molecule has 0 aliphatic heterocycles. The van der Waals surface area contributed by atoms with Gasteiger partial charge in [0.05, 0.1) is 0 Å². The predicted octanol–water partition coefficient (Wildman–Crippen LogP) is 5.19. The molecule has 0 bridgehead atoms. The van der Waals surface area contributed by atoms with E-state index in [4.69, 9.17) is 0 Å². The molecule has 22 heavy (non-hydrogen) atoms. The molecule has 110 valence electrons.